The van der Waals surface area contributed by atoms with E-state index in [1.165, 1.54) is 11.8 Å². The third-order valence-corrected chi connectivity index (χ3v) is 5.34. The van der Waals surface area contributed by atoms with Crippen molar-refractivity contribution in [2.45, 2.75) is 25.5 Å². The number of para-hydroxylation sites is 1. The molecule has 7 heteroatoms. The Kier molecular flexibility index (Phi) is 5.20. The average molecular weight is 347 g/mol. The Balaban J connectivity index is 1.58. The molecule has 0 aromatic heterocycles. The summed E-state index contributed by atoms with van der Waals surface area (Å²) in [6.07, 6.45) is 0.134. The van der Waals surface area contributed by atoms with E-state index in [0.717, 1.165) is 29.9 Å². The number of amidine groups is 1. The average Bonchev–Trinajstić information content (AvgIpc) is 2.93. The van der Waals surface area contributed by atoms with Crippen LogP contribution in [0.2, 0.25) is 0 Å². The number of aliphatic imine (C=N–C) groups is 1. The zero-order valence-corrected chi connectivity index (χ0v) is 14.7. The summed E-state index contributed by atoms with van der Waals surface area (Å²) < 4.78 is 5.31. The highest BCUT2D eigenvalue weighted by Gasteiger charge is 2.33. The molecule has 1 saturated heterocycles. The highest BCUT2D eigenvalue weighted by Crippen LogP contribution is 2.28. The highest BCUT2D eigenvalue weighted by molar-refractivity contribution is 8.15. The van der Waals surface area contributed by atoms with Crippen molar-refractivity contribution in [3.05, 3.63) is 29.3 Å². The number of ether oxygens (including phenoxy) is 1. The van der Waals surface area contributed by atoms with Crippen LogP contribution < -0.4 is 5.32 Å². The number of hydrogen-bond acceptors (Lipinski definition) is 5. The second-order valence-electron chi connectivity index (χ2n) is 5.96. The molecule has 2 heterocycles. The van der Waals surface area contributed by atoms with Crippen molar-refractivity contribution in [1.29, 1.82) is 0 Å². The smallest absolute Gasteiger partial charge is 0.262 e. The van der Waals surface area contributed by atoms with Gasteiger partial charge in [0, 0.05) is 25.2 Å². The van der Waals surface area contributed by atoms with Gasteiger partial charge >= 0.3 is 0 Å². The molecule has 2 aliphatic rings. The maximum Gasteiger partial charge on any atom is 0.262 e. The number of morpholine rings is 1. The van der Waals surface area contributed by atoms with Crippen molar-refractivity contribution in [2.75, 3.05) is 31.6 Å². The van der Waals surface area contributed by atoms with E-state index < -0.39 is 5.25 Å². The van der Waals surface area contributed by atoms with Crippen LogP contribution in [0.5, 0.6) is 0 Å². The van der Waals surface area contributed by atoms with Gasteiger partial charge in [-0.15, -0.1) is 0 Å². The monoisotopic (exact) mass is 347 g/mol. The van der Waals surface area contributed by atoms with Gasteiger partial charge in [-0.2, -0.15) is 4.99 Å². The zero-order valence-electron chi connectivity index (χ0n) is 13.9. The van der Waals surface area contributed by atoms with Gasteiger partial charge in [0.25, 0.3) is 5.91 Å². The van der Waals surface area contributed by atoms with Crippen molar-refractivity contribution in [3.8, 4) is 0 Å². The minimum Gasteiger partial charge on any atom is -0.378 e. The lowest BCUT2D eigenvalue weighted by Crippen LogP contribution is -2.39. The van der Waals surface area contributed by atoms with Crippen LogP contribution in [-0.2, 0) is 14.3 Å². The number of aryl methyl sites for hydroxylation is 2. The maximum atomic E-state index is 12.3. The zero-order chi connectivity index (χ0) is 17.1. The molecule has 0 unspecified atom stereocenters. The van der Waals surface area contributed by atoms with Crippen LogP contribution in [0.4, 0.5) is 5.69 Å². The number of nitrogens with one attached hydrogen (secondary N) is 1. The summed E-state index contributed by atoms with van der Waals surface area (Å²) in [6.45, 7) is 6.67. The third-order valence-electron chi connectivity index (χ3n) is 4.13. The van der Waals surface area contributed by atoms with Gasteiger partial charge in [0.15, 0.2) is 5.17 Å². The van der Waals surface area contributed by atoms with Gasteiger partial charge in [0.05, 0.1) is 13.2 Å². The van der Waals surface area contributed by atoms with Crippen molar-refractivity contribution in [1.82, 2.24) is 4.90 Å². The number of anilines is 1. The van der Waals surface area contributed by atoms with E-state index in [-0.39, 0.29) is 18.2 Å². The first kappa shape index (κ1) is 17.0. The SMILES string of the molecule is Cc1cccc(C)c1NC(=O)C[C@H]1SC(N2CCOCC2)=NC1=O. The molecule has 0 bridgehead atoms. The number of nitrogens with zero attached hydrogens (tertiary/aromatic N) is 2. The molecule has 2 amide bonds. The van der Waals surface area contributed by atoms with Gasteiger partial charge < -0.3 is 15.0 Å². The van der Waals surface area contributed by atoms with E-state index in [9.17, 15) is 9.59 Å². The molecule has 1 aromatic carbocycles. The first-order valence-corrected chi connectivity index (χ1v) is 8.90. The minimum absolute atomic E-state index is 0.134. The molecule has 128 valence electrons. The van der Waals surface area contributed by atoms with E-state index >= 15 is 0 Å². The van der Waals surface area contributed by atoms with Crippen molar-refractivity contribution < 1.29 is 14.3 Å². The Morgan fingerprint density at radius 1 is 1.33 bits per heavy atom. The second-order valence-corrected chi connectivity index (χ2v) is 7.13. The van der Waals surface area contributed by atoms with Crippen LogP contribution in [0.1, 0.15) is 17.5 Å². The van der Waals surface area contributed by atoms with Gasteiger partial charge in [-0.05, 0) is 25.0 Å². The molecular formula is C17H21N3O3S. The number of thioether (sulfide) groups is 1. The number of hydrogen-bond donors (Lipinski definition) is 1. The predicted octanol–water partition coefficient (Wildman–Crippen LogP) is 1.96. The molecule has 6 nitrogen and oxygen atoms in total. The standard InChI is InChI=1S/C17H21N3O3S/c1-11-4-3-5-12(2)15(11)18-14(21)10-13-16(22)19-17(24-13)20-6-8-23-9-7-20/h3-5,13H,6-10H2,1-2H3,(H,18,21)/t13-/m1/s1. The number of carbonyl (C=O) groups is 2. The molecule has 1 atom stereocenters. The molecular weight excluding hydrogens is 326 g/mol. The normalized spacial score (nSPS) is 20.9. The van der Waals surface area contributed by atoms with Crippen LogP contribution in [0.25, 0.3) is 0 Å². The third kappa shape index (κ3) is 3.79. The second kappa shape index (κ2) is 7.36. The molecule has 0 radical (unpaired) electrons. The van der Waals surface area contributed by atoms with Crippen LogP contribution in [0.3, 0.4) is 0 Å². The van der Waals surface area contributed by atoms with Crippen LogP contribution >= 0.6 is 11.8 Å². The Morgan fingerprint density at radius 2 is 2.00 bits per heavy atom. The highest BCUT2D eigenvalue weighted by atomic mass is 32.2. The quantitative estimate of drug-likeness (QED) is 0.905. The number of carbonyl (C=O) groups excluding carboxylic acids is 2. The molecule has 3 rings (SSSR count). The van der Waals surface area contributed by atoms with Gasteiger partial charge in [-0.1, -0.05) is 30.0 Å². The van der Waals surface area contributed by atoms with Crippen molar-refractivity contribution in [2.24, 2.45) is 4.99 Å². The first-order chi connectivity index (χ1) is 11.5. The summed E-state index contributed by atoms with van der Waals surface area (Å²) in [4.78, 5) is 30.6. The molecule has 0 aliphatic carbocycles. The summed E-state index contributed by atoms with van der Waals surface area (Å²) in [5, 5.41) is 3.21. The molecule has 0 saturated carbocycles. The van der Waals surface area contributed by atoms with Crippen LogP contribution in [0.15, 0.2) is 23.2 Å². The lowest BCUT2D eigenvalue weighted by atomic mass is 10.1. The lowest BCUT2D eigenvalue weighted by molar-refractivity contribution is -0.121. The van der Waals surface area contributed by atoms with E-state index in [4.69, 9.17) is 4.74 Å². The van der Waals surface area contributed by atoms with Crippen LogP contribution in [0, 0.1) is 13.8 Å². The van der Waals surface area contributed by atoms with Gasteiger partial charge in [0.2, 0.25) is 5.91 Å². The first-order valence-electron chi connectivity index (χ1n) is 8.02. The Labute approximate surface area is 145 Å². The number of amides is 2. The van der Waals surface area contributed by atoms with Gasteiger partial charge in [0.1, 0.15) is 5.25 Å². The van der Waals surface area contributed by atoms with Gasteiger partial charge in [-0.25, -0.2) is 0 Å². The molecule has 1 N–H and O–H groups in total. The molecule has 1 fully saturated rings. The molecule has 0 spiro atoms. The fourth-order valence-corrected chi connectivity index (χ4v) is 3.89. The van der Waals surface area contributed by atoms with E-state index in [0.29, 0.717) is 18.4 Å². The fraction of sp³-hybridized carbons (Fsp3) is 0.471. The van der Waals surface area contributed by atoms with E-state index in [1.54, 1.807) is 0 Å². The molecule has 24 heavy (non-hydrogen) atoms. The van der Waals surface area contributed by atoms with Crippen LogP contribution in [-0.4, -0.2) is 53.4 Å². The fourth-order valence-electron chi connectivity index (χ4n) is 2.77. The van der Waals surface area contributed by atoms with E-state index in [2.05, 4.69) is 15.2 Å². The maximum absolute atomic E-state index is 12.3. The Hall–Kier alpha value is -1.86. The Morgan fingerprint density at radius 3 is 2.67 bits per heavy atom. The largest absolute Gasteiger partial charge is 0.378 e. The number of benzene rings is 1. The number of rotatable bonds is 3. The Bertz CT molecular complexity index is 663. The van der Waals surface area contributed by atoms with E-state index in [1.807, 2.05) is 32.0 Å². The molecule has 2 aliphatic heterocycles. The van der Waals surface area contributed by atoms with Crippen molar-refractivity contribution in [3.63, 3.8) is 0 Å². The topological polar surface area (TPSA) is 71.0 Å². The lowest BCUT2D eigenvalue weighted by Gasteiger charge is -2.27. The predicted molar refractivity (Wildman–Crippen MR) is 95.4 cm³/mol. The minimum atomic E-state index is -0.438. The summed E-state index contributed by atoms with van der Waals surface area (Å²) in [6, 6.07) is 5.87. The summed E-state index contributed by atoms with van der Waals surface area (Å²) in [5.41, 5.74) is 2.85. The van der Waals surface area contributed by atoms with Crippen molar-refractivity contribution >= 4 is 34.4 Å². The summed E-state index contributed by atoms with van der Waals surface area (Å²) in [7, 11) is 0. The summed E-state index contributed by atoms with van der Waals surface area (Å²) in [5.74, 6) is -0.380. The van der Waals surface area contributed by atoms with Gasteiger partial charge in [-0.3, -0.25) is 9.59 Å². The summed E-state index contributed by atoms with van der Waals surface area (Å²) >= 11 is 1.38. The molecule has 1 aromatic rings.